The number of carbonyl (C=O) groups excluding carboxylic acids is 1. The minimum absolute atomic E-state index is 0.0748. The average Bonchev–Trinajstić information content (AvgIpc) is 2.49. The molecule has 0 aromatic heterocycles. The number of nitrogens with one attached hydrogen (secondary N) is 1. The second-order valence-electron chi connectivity index (χ2n) is 4.63. The third kappa shape index (κ3) is 3.69. The molecule has 1 N–H and O–H groups in total. The van der Waals surface area contributed by atoms with Gasteiger partial charge in [-0.2, -0.15) is 0 Å². The van der Waals surface area contributed by atoms with E-state index in [9.17, 15) is 25.0 Å². The summed E-state index contributed by atoms with van der Waals surface area (Å²) in [6.45, 7) is 1.68. The number of benzene rings is 2. The highest BCUT2D eigenvalue weighted by molar-refractivity contribution is 9.10. The fourth-order valence-electron chi connectivity index (χ4n) is 1.85. The lowest BCUT2D eigenvalue weighted by atomic mass is 10.1. The molecule has 0 heterocycles. The number of nitro groups is 2. The minimum atomic E-state index is -0.612. The van der Waals surface area contributed by atoms with Crippen LogP contribution in [0.15, 0.2) is 40.9 Å². The SMILES string of the molecule is Cc1ccc([N+](=O)[O-])cc1NC(=O)c1ccc(Br)c([N+](=O)[O-])c1. The van der Waals surface area contributed by atoms with Gasteiger partial charge in [0, 0.05) is 23.8 Å². The Bertz CT molecular complexity index is 822. The molecule has 0 aliphatic carbocycles. The molecule has 0 aliphatic rings. The van der Waals surface area contributed by atoms with E-state index in [2.05, 4.69) is 21.2 Å². The number of halogens is 1. The number of aryl methyl sites for hydroxylation is 1. The van der Waals surface area contributed by atoms with Crippen molar-refractivity contribution in [2.24, 2.45) is 0 Å². The molecule has 0 bridgehead atoms. The smallest absolute Gasteiger partial charge is 0.284 e. The molecule has 118 valence electrons. The molecule has 0 atom stereocenters. The van der Waals surface area contributed by atoms with Gasteiger partial charge in [-0.25, -0.2) is 0 Å². The van der Waals surface area contributed by atoms with Gasteiger partial charge in [-0.3, -0.25) is 25.0 Å². The van der Waals surface area contributed by atoms with Gasteiger partial charge in [0.25, 0.3) is 17.3 Å². The largest absolute Gasteiger partial charge is 0.321 e. The van der Waals surface area contributed by atoms with Gasteiger partial charge in [0.1, 0.15) is 0 Å². The van der Waals surface area contributed by atoms with Crippen LogP contribution in [0.25, 0.3) is 0 Å². The van der Waals surface area contributed by atoms with Gasteiger partial charge < -0.3 is 5.32 Å². The monoisotopic (exact) mass is 379 g/mol. The van der Waals surface area contributed by atoms with E-state index >= 15 is 0 Å². The van der Waals surface area contributed by atoms with E-state index in [0.717, 1.165) is 6.07 Å². The van der Waals surface area contributed by atoms with Crippen LogP contribution in [0.5, 0.6) is 0 Å². The van der Waals surface area contributed by atoms with E-state index in [4.69, 9.17) is 0 Å². The maximum absolute atomic E-state index is 12.2. The minimum Gasteiger partial charge on any atom is -0.321 e. The van der Waals surface area contributed by atoms with Crippen molar-refractivity contribution in [2.45, 2.75) is 6.92 Å². The fourth-order valence-corrected chi connectivity index (χ4v) is 2.24. The van der Waals surface area contributed by atoms with Crippen molar-refractivity contribution in [3.05, 3.63) is 72.2 Å². The van der Waals surface area contributed by atoms with Gasteiger partial charge in [0.2, 0.25) is 0 Å². The Labute approximate surface area is 138 Å². The van der Waals surface area contributed by atoms with Gasteiger partial charge in [-0.1, -0.05) is 6.07 Å². The molecule has 2 aromatic carbocycles. The van der Waals surface area contributed by atoms with Crippen molar-refractivity contribution < 1.29 is 14.6 Å². The normalized spacial score (nSPS) is 10.2. The van der Waals surface area contributed by atoms with Crippen LogP contribution in [-0.2, 0) is 0 Å². The Hall–Kier alpha value is -2.81. The predicted molar refractivity (Wildman–Crippen MR) is 86.6 cm³/mol. The van der Waals surface area contributed by atoms with Gasteiger partial charge in [-0.05, 0) is 40.5 Å². The summed E-state index contributed by atoms with van der Waals surface area (Å²) in [5.41, 5.74) is 0.581. The molecule has 0 unspecified atom stereocenters. The van der Waals surface area contributed by atoms with Crippen LogP contribution in [0.2, 0.25) is 0 Å². The highest BCUT2D eigenvalue weighted by atomic mass is 79.9. The first-order valence-corrected chi connectivity index (χ1v) is 7.09. The number of hydrogen-bond donors (Lipinski definition) is 1. The number of carbonyl (C=O) groups is 1. The van der Waals surface area contributed by atoms with E-state index in [-0.39, 0.29) is 27.1 Å². The van der Waals surface area contributed by atoms with Crippen molar-refractivity contribution in [3.63, 3.8) is 0 Å². The van der Waals surface area contributed by atoms with Crippen LogP contribution < -0.4 is 5.32 Å². The van der Waals surface area contributed by atoms with Crippen LogP contribution in [0.1, 0.15) is 15.9 Å². The number of nitro benzene ring substituents is 2. The van der Waals surface area contributed by atoms with E-state index in [1.807, 2.05) is 0 Å². The Kier molecular flexibility index (Phi) is 4.70. The van der Waals surface area contributed by atoms with Gasteiger partial charge >= 0.3 is 0 Å². The van der Waals surface area contributed by atoms with Gasteiger partial charge in [0.05, 0.1) is 20.0 Å². The topological polar surface area (TPSA) is 115 Å². The standard InChI is InChI=1S/C14H10BrN3O5/c1-8-2-4-10(17(20)21)7-12(8)16-14(19)9-3-5-11(15)13(6-9)18(22)23/h2-7H,1H3,(H,16,19). The molecule has 2 rings (SSSR count). The lowest BCUT2D eigenvalue weighted by molar-refractivity contribution is -0.385. The van der Waals surface area contributed by atoms with Crippen molar-refractivity contribution in [3.8, 4) is 0 Å². The van der Waals surface area contributed by atoms with Crippen LogP contribution in [-0.4, -0.2) is 15.8 Å². The summed E-state index contributed by atoms with van der Waals surface area (Å²) < 4.78 is 0.255. The van der Waals surface area contributed by atoms with Crippen LogP contribution in [0.3, 0.4) is 0 Å². The summed E-state index contributed by atoms with van der Waals surface area (Å²) >= 11 is 3.04. The molecular weight excluding hydrogens is 370 g/mol. The summed E-state index contributed by atoms with van der Waals surface area (Å²) in [6, 6.07) is 8.02. The summed E-state index contributed by atoms with van der Waals surface area (Å²) in [5, 5.41) is 24.2. The van der Waals surface area contributed by atoms with Gasteiger partial charge in [-0.15, -0.1) is 0 Å². The maximum atomic E-state index is 12.2. The first-order chi connectivity index (χ1) is 10.8. The Balaban J connectivity index is 2.33. The van der Waals surface area contributed by atoms with Crippen molar-refractivity contribution in [2.75, 3.05) is 5.32 Å². The molecule has 0 fully saturated rings. The van der Waals surface area contributed by atoms with E-state index < -0.39 is 15.8 Å². The zero-order valence-electron chi connectivity index (χ0n) is 11.8. The molecule has 0 saturated heterocycles. The van der Waals surface area contributed by atoms with Gasteiger partial charge in [0.15, 0.2) is 0 Å². The maximum Gasteiger partial charge on any atom is 0.284 e. The second kappa shape index (κ2) is 6.53. The molecule has 9 heteroatoms. The molecule has 0 aliphatic heterocycles. The summed E-state index contributed by atoms with van der Waals surface area (Å²) in [6.07, 6.45) is 0. The lowest BCUT2D eigenvalue weighted by Gasteiger charge is -2.08. The zero-order valence-corrected chi connectivity index (χ0v) is 13.4. The molecule has 0 saturated carbocycles. The number of hydrogen-bond acceptors (Lipinski definition) is 5. The van der Waals surface area contributed by atoms with Crippen molar-refractivity contribution >= 4 is 38.9 Å². The number of amides is 1. The Morgan fingerprint density at radius 2 is 1.78 bits per heavy atom. The summed E-state index contributed by atoms with van der Waals surface area (Å²) in [5.74, 6) is -0.593. The molecule has 0 spiro atoms. The highest BCUT2D eigenvalue weighted by Crippen LogP contribution is 2.27. The average molecular weight is 380 g/mol. The fraction of sp³-hybridized carbons (Fsp3) is 0.0714. The first-order valence-electron chi connectivity index (χ1n) is 6.30. The van der Waals surface area contributed by atoms with Crippen LogP contribution >= 0.6 is 15.9 Å². The number of nitrogens with zero attached hydrogens (tertiary/aromatic N) is 2. The molecule has 8 nitrogen and oxygen atoms in total. The second-order valence-corrected chi connectivity index (χ2v) is 5.49. The Morgan fingerprint density at radius 3 is 2.39 bits per heavy atom. The zero-order chi connectivity index (χ0) is 17.1. The van der Waals surface area contributed by atoms with Crippen LogP contribution in [0.4, 0.5) is 17.1 Å². The molecule has 1 amide bonds. The van der Waals surface area contributed by atoms with Crippen molar-refractivity contribution in [1.82, 2.24) is 0 Å². The number of rotatable bonds is 4. The molecule has 0 radical (unpaired) electrons. The molecule has 23 heavy (non-hydrogen) atoms. The molecule has 2 aromatic rings. The quantitative estimate of drug-likeness (QED) is 0.639. The number of non-ortho nitro benzene ring substituents is 1. The Morgan fingerprint density at radius 1 is 1.09 bits per heavy atom. The third-order valence-corrected chi connectivity index (χ3v) is 3.76. The van der Waals surface area contributed by atoms with E-state index in [1.54, 1.807) is 6.92 Å². The highest BCUT2D eigenvalue weighted by Gasteiger charge is 2.17. The molecular formula is C14H10BrN3O5. The van der Waals surface area contributed by atoms with E-state index in [0.29, 0.717) is 5.56 Å². The predicted octanol–water partition coefficient (Wildman–Crippen LogP) is 3.83. The third-order valence-electron chi connectivity index (χ3n) is 3.09. The van der Waals surface area contributed by atoms with E-state index in [1.165, 1.54) is 30.3 Å². The van der Waals surface area contributed by atoms with Crippen molar-refractivity contribution in [1.29, 1.82) is 0 Å². The summed E-state index contributed by atoms with van der Waals surface area (Å²) in [7, 11) is 0. The summed E-state index contributed by atoms with van der Waals surface area (Å²) in [4.78, 5) is 32.7. The van der Waals surface area contributed by atoms with Crippen LogP contribution in [0, 0.1) is 27.2 Å². The number of anilines is 1. The first kappa shape index (κ1) is 16.6. The lowest BCUT2D eigenvalue weighted by Crippen LogP contribution is -2.13.